The Morgan fingerprint density at radius 1 is 1.15 bits per heavy atom. The van der Waals surface area contributed by atoms with Crippen LogP contribution in [0.5, 0.6) is 0 Å². The van der Waals surface area contributed by atoms with Gasteiger partial charge in [-0.15, -0.1) is 0 Å². The second-order valence-electron chi connectivity index (χ2n) is 9.25. The van der Waals surface area contributed by atoms with Gasteiger partial charge in [-0.2, -0.15) is 0 Å². The molecule has 0 aromatic carbocycles. The number of aryl methyl sites for hydroxylation is 2. The lowest BCUT2D eigenvalue weighted by molar-refractivity contribution is -0.171. The maximum Gasteiger partial charge on any atom is 0.226 e. The van der Waals surface area contributed by atoms with E-state index in [-0.39, 0.29) is 11.3 Å². The fourth-order valence-electron chi connectivity index (χ4n) is 5.66. The van der Waals surface area contributed by atoms with Gasteiger partial charge >= 0.3 is 0 Å². The van der Waals surface area contributed by atoms with Crippen LogP contribution in [-0.4, -0.2) is 52.4 Å². The molecule has 5 nitrogen and oxygen atoms in total. The lowest BCUT2D eigenvalue weighted by Gasteiger charge is -2.60. The van der Waals surface area contributed by atoms with Crippen molar-refractivity contribution in [3.63, 3.8) is 0 Å². The summed E-state index contributed by atoms with van der Waals surface area (Å²) in [5, 5.41) is 0. The number of likely N-dealkylation sites (tertiary alicyclic amines) is 2. The highest BCUT2D eigenvalue weighted by molar-refractivity contribution is 5.81. The Bertz CT molecular complexity index is 725. The summed E-state index contributed by atoms with van der Waals surface area (Å²) in [4.78, 5) is 29.2. The molecule has 0 radical (unpaired) electrons. The van der Waals surface area contributed by atoms with E-state index >= 15 is 0 Å². The molecular weight excluding hydrogens is 326 g/mol. The highest BCUT2D eigenvalue weighted by Gasteiger charge is 2.57. The Morgan fingerprint density at radius 2 is 1.92 bits per heavy atom. The molecule has 3 atom stereocenters. The minimum atomic E-state index is 0.216. The summed E-state index contributed by atoms with van der Waals surface area (Å²) in [6.45, 7) is 3.45. The van der Waals surface area contributed by atoms with Gasteiger partial charge in [0.15, 0.2) is 0 Å². The molecule has 2 saturated carbocycles. The van der Waals surface area contributed by atoms with Crippen LogP contribution in [0.1, 0.15) is 37.8 Å². The molecule has 2 amide bonds. The van der Waals surface area contributed by atoms with E-state index in [1.165, 1.54) is 25.0 Å². The zero-order chi connectivity index (χ0) is 17.9. The van der Waals surface area contributed by atoms with Crippen LogP contribution in [0.3, 0.4) is 0 Å². The minimum Gasteiger partial charge on any atom is -0.354 e. The summed E-state index contributed by atoms with van der Waals surface area (Å²) in [5.41, 5.74) is 1.42. The maximum atomic E-state index is 12.8. The molecule has 0 N–H and O–H groups in total. The highest BCUT2D eigenvalue weighted by atomic mass is 16.2. The lowest BCUT2D eigenvalue weighted by Crippen LogP contribution is -2.74. The Kier molecular flexibility index (Phi) is 3.70. The van der Waals surface area contributed by atoms with E-state index in [1.807, 2.05) is 24.2 Å². The van der Waals surface area contributed by atoms with E-state index in [0.29, 0.717) is 24.2 Å². The molecule has 2 saturated heterocycles. The molecule has 5 heteroatoms. The van der Waals surface area contributed by atoms with E-state index in [0.717, 1.165) is 44.9 Å². The van der Waals surface area contributed by atoms with Crippen LogP contribution in [0.15, 0.2) is 18.3 Å². The van der Waals surface area contributed by atoms with Crippen LogP contribution in [0, 0.1) is 23.2 Å². The molecule has 1 aromatic heterocycles. The summed E-state index contributed by atoms with van der Waals surface area (Å²) in [6.07, 6.45) is 8.39. The van der Waals surface area contributed by atoms with E-state index in [9.17, 15) is 9.59 Å². The van der Waals surface area contributed by atoms with Crippen molar-refractivity contribution in [2.75, 3.05) is 26.2 Å². The van der Waals surface area contributed by atoms with Crippen molar-refractivity contribution < 1.29 is 9.59 Å². The number of rotatable bonds is 4. The van der Waals surface area contributed by atoms with E-state index in [2.05, 4.69) is 15.5 Å². The number of nitrogens with zero attached hydrogens (tertiary/aromatic N) is 3. The normalized spacial score (nSPS) is 31.2. The first-order valence-corrected chi connectivity index (χ1v) is 10.2. The van der Waals surface area contributed by atoms with Gasteiger partial charge in [0.1, 0.15) is 0 Å². The fourth-order valence-corrected chi connectivity index (χ4v) is 5.66. The molecule has 5 rings (SSSR count). The zero-order valence-electron chi connectivity index (χ0n) is 15.7. The Labute approximate surface area is 155 Å². The third-order valence-electron chi connectivity index (χ3n) is 7.32. The first kappa shape index (κ1) is 16.4. The minimum absolute atomic E-state index is 0.216. The summed E-state index contributed by atoms with van der Waals surface area (Å²) >= 11 is 0. The lowest BCUT2D eigenvalue weighted by atomic mass is 9.71. The van der Waals surface area contributed by atoms with Crippen LogP contribution in [-0.2, 0) is 23.1 Å². The Hall–Kier alpha value is -1.78. The molecule has 1 spiro atoms. The van der Waals surface area contributed by atoms with Crippen molar-refractivity contribution in [1.29, 1.82) is 0 Å². The average Bonchev–Trinajstić information content (AvgIpc) is 3.24. The number of amides is 2. The fraction of sp³-hybridized carbons (Fsp3) is 0.714. The quantitative estimate of drug-likeness (QED) is 0.830. The largest absolute Gasteiger partial charge is 0.354 e. The second-order valence-corrected chi connectivity index (χ2v) is 9.25. The summed E-state index contributed by atoms with van der Waals surface area (Å²) in [7, 11) is 2.02. The molecule has 0 bridgehead atoms. The molecular formula is C21H29N3O2. The summed E-state index contributed by atoms with van der Waals surface area (Å²) in [6, 6.07) is 4.10. The van der Waals surface area contributed by atoms with Gasteiger partial charge in [0.25, 0.3) is 0 Å². The monoisotopic (exact) mass is 355 g/mol. The molecule has 3 unspecified atom stereocenters. The van der Waals surface area contributed by atoms with Crippen LogP contribution < -0.4 is 0 Å². The number of carbonyl (C=O) groups is 2. The van der Waals surface area contributed by atoms with Crippen LogP contribution in [0.25, 0.3) is 0 Å². The standard InChI is InChI=1S/C21H29N3O2/c1-22-9-3-5-16(22)7-8-19(25)23-11-21(12-23)13-24(14-21)20(26)17-6-2-4-15-10-18(15)17/h3,5,9,15,17-18H,2,4,6-8,10-14H2,1H3. The molecule has 3 heterocycles. The Morgan fingerprint density at radius 3 is 2.65 bits per heavy atom. The number of aromatic nitrogens is 1. The Balaban J connectivity index is 1.07. The SMILES string of the molecule is Cn1cccc1CCC(=O)N1CC2(C1)CN(C(=O)C1CCCC3CC31)C2. The molecule has 4 aliphatic rings. The molecule has 4 fully saturated rings. The van der Waals surface area contributed by atoms with Gasteiger partial charge in [-0.05, 0) is 43.2 Å². The molecule has 140 valence electrons. The van der Waals surface area contributed by atoms with Crippen molar-refractivity contribution in [3.05, 3.63) is 24.0 Å². The second kappa shape index (κ2) is 5.86. The van der Waals surface area contributed by atoms with Gasteiger partial charge in [0.05, 0.1) is 0 Å². The summed E-state index contributed by atoms with van der Waals surface area (Å²) in [5.74, 6) is 2.54. The van der Waals surface area contributed by atoms with Crippen molar-refractivity contribution in [2.45, 2.75) is 38.5 Å². The number of hydrogen-bond acceptors (Lipinski definition) is 2. The highest BCUT2D eigenvalue weighted by Crippen LogP contribution is 2.54. The van der Waals surface area contributed by atoms with Crippen LogP contribution in [0.4, 0.5) is 0 Å². The molecule has 2 aliphatic carbocycles. The van der Waals surface area contributed by atoms with Crippen LogP contribution >= 0.6 is 0 Å². The van der Waals surface area contributed by atoms with E-state index in [4.69, 9.17) is 0 Å². The average molecular weight is 355 g/mol. The van der Waals surface area contributed by atoms with E-state index < -0.39 is 0 Å². The predicted molar refractivity (Wildman–Crippen MR) is 98.3 cm³/mol. The number of carbonyl (C=O) groups excluding carboxylic acids is 2. The van der Waals surface area contributed by atoms with Gasteiger partial charge in [-0.3, -0.25) is 9.59 Å². The van der Waals surface area contributed by atoms with Crippen molar-refractivity contribution in [1.82, 2.24) is 14.4 Å². The van der Waals surface area contributed by atoms with Gasteiger partial charge in [0, 0.05) is 62.9 Å². The number of fused-ring (bicyclic) bond motifs is 1. The topological polar surface area (TPSA) is 45.6 Å². The predicted octanol–water partition coefficient (Wildman–Crippen LogP) is 2.06. The third-order valence-corrected chi connectivity index (χ3v) is 7.32. The first-order valence-electron chi connectivity index (χ1n) is 10.2. The van der Waals surface area contributed by atoms with Gasteiger partial charge in [-0.1, -0.05) is 12.8 Å². The van der Waals surface area contributed by atoms with Gasteiger partial charge < -0.3 is 14.4 Å². The van der Waals surface area contributed by atoms with Crippen molar-refractivity contribution in [3.8, 4) is 0 Å². The molecule has 2 aliphatic heterocycles. The maximum absolute atomic E-state index is 12.8. The van der Waals surface area contributed by atoms with Crippen molar-refractivity contribution in [2.24, 2.45) is 30.2 Å². The van der Waals surface area contributed by atoms with Gasteiger partial charge in [-0.25, -0.2) is 0 Å². The number of hydrogen-bond donors (Lipinski definition) is 0. The molecule has 26 heavy (non-hydrogen) atoms. The van der Waals surface area contributed by atoms with Crippen LogP contribution in [0.2, 0.25) is 0 Å². The zero-order valence-corrected chi connectivity index (χ0v) is 15.7. The van der Waals surface area contributed by atoms with E-state index in [1.54, 1.807) is 0 Å². The summed E-state index contributed by atoms with van der Waals surface area (Å²) < 4.78 is 2.08. The van der Waals surface area contributed by atoms with Gasteiger partial charge in [0.2, 0.25) is 11.8 Å². The smallest absolute Gasteiger partial charge is 0.226 e. The first-order chi connectivity index (χ1) is 12.5. The third kappa shape index (κ3) is 2.67. The molecule has 1 aromatic rings. The van der Waals surface area contributed by atoms with Crippen molar-refractivity contribution >= 4 is 11.8 Å².